The first-order valence-electron chi connectivity index (χ1n) is 11.9. The number of ether oxygens (including phenoxy) is 1. The summed E-state index contributed by atoms with van der Waals surface area (Å²) < 4.78 is 5.37. The summed E-state index contributed by atoms with van der Waals surface area (Å²) >= 11 is 6.11. The number of hydrogen-bond acceptors (Lipinski definition) is 5. The van der Waals surface area contributed by atoms with Crippen molar-refractivity contribution in [2.75, 3.05) is 18.5 Å². The number of anilines is 1. The number of benzene rings is 3. The lowest BCUT2D eigenvalue weighted by Crippen LogP contribution is -2.42. The van der Waals surface area contributed by atoms with Gasteiger partial charge in [-0.3, -0.25) is 9.59 Å². The number of halogens is 1. The second kappa shape index (κ2) is 11.5. The van der Waals surface area contributed by atoms with Crippen molar-refractivity contribution < 1.29 is 19.4 Å². The maximum atomic E-state index is 13.4. The predicted molar refractivity (Wildman–Crippen MR) is 138 cm³/mol. The Morgan fingerprint density at radius 3 is 2.39 bits per heavy atom. The predicted octanol–water partition coefficient (Wildman–Crippen LogP) is 5.28. The minimum atomic E-state index is -1.88. The molecule has 1 fully saturated rings. The van der Waals surface area contributed by atoms with Gasteiger partial charge in [-0.05, 0) is 48.1 Å². The van der Waals surface area contributed by atoms with Crippen LogP contribution in [0.4, 0.5) is 5.69 Å². The molecule has 1 heterocycles. The fourth-order valence-corrected chi connectivity index (χ4v) is 4.60. The number of nitrogens with one attached hydrogen (secondary N) is 1. The molecule has 184 valence electrons. The van der Waals surface area contributed by atoms with Gasteiger partial charge < -0.3 is 15.2 Å². The van der Waals surface area contributed by atoms with Crippen molar-refractivity contribution in [3.8, 4) is 6.07 Å². The molecule has 1 amide bonds. The molecule has 0 aromatic heterocycles. The fourth-order valence-electron chi connectivity index (χ4n) is 4.38. The molecular weight excluding hydrogens is 476 g/mol. The number of aliphatic hydroxyl groups is 1. The van der Waals surface area contributed by atoms with Crippen LogP contribution in [0.3, 0.4) is 0 Å². The molecule has 0 spiro atoms. The monoisotopic (exact) mass is 502 g/mol. The van der Waals surface area contributed by atoms with E-state index in [1.165, 1.54) is 12.1 Å². The molecule has 3 aromatic carbocycles. The Bertz CT molecular complexity index is 1260. The third-order valence-corrected chi connectivity index (χ3v) is 6.84. The number of ketones is 1. The molecule has 0 saturated carbocycles. The van der Waals surface area contributed by atoms with Gasteiger partial charge in [-0.1, -0.05) is 66.2 Å². The van der Waals surface area contributed by atoms with Gasteiger partial charge in [0.1, 0.15) is 6.07 Å². The Hall–Kier alpha value is -3.50. The van der Waals surface area contributed by atoms with Crippen molar-refractivity contribution in [2.24, 2.45) is 5.92 Å². The van der Waals surface area contributed by atoms with Crippen molar-refractivity contribution in [3.63, 3.8) is 0 Å². The first kappa shape index (κ1) is 25.6. The number of nitriles is 1. The minimum absolute atomic E-state index is 0.00128. The normalized spacial score (nSPS) is 15.5. The largest absolute Gasteiger partial charge is 0.381 e. The standard InChI is InChI=1S/C29H27ClN2O4/c30-26-17-25(11-10-23(26)19-31)32-28(34)29(35,24-4-2-1-3-5-24)18-21-6-8-22(9-7-21)27(33)16-20-12-14-36-15-13-20/h1-11,17,20,35H,12-16,18H2,(H,32,34). The van der Waals surface area contributed by atoms with Crippen LogP contribution in [0.1, 0.15) is 46.3 Å². The summed E-state index contributed by atoms with van der Waals surface area (Å²) in [7, 11) is 0. The van der Waals surface area contributed by atoms with Crippen LogP contribution in [0.2, 0.25) is 5.02 Å². The summed E-state index contributed by atoms with van der Waals surface area (Å²) in [6.45, 7) is 1.40. The van der Waals surface area contributed by atoms with E-state index < -0.39 is 11.5 Å². The second-order valence-electron chi connectivity index (χ2n) is 9.04. The van der Waals surface area contributed by atoms with Crippen molar-refractivity contribution in [1.82, 2.24) is 0 Å². The highest BCUT2D eigenvalue weighted by Crippen LogP contribution is 2.29. The lowest BCUT2D eigenvalue weighted by atomic mass is 9.85. The van der Waals surface area contributed by atoms with Crippen LogP contribution in [0.15, 0.2) is 72.8 Å². The molecule has 0 radical (unpaired) electrons. The topological polar surface area (TPSA) is 99.4 Å². The fraction of sp³-hybridized carbons (Fsp3) is 0.276. The van der Waals surface area contributed by atoms with Gasteiger partial charge in [-0.2, -0.15) is 5.26 Å². The van der Waals surface area contributed by atoms with E-state index in [9.17, 15) is 14.7 Å². The zero-order chi connectivity index (χ0) is 25.5. The molecule has 1 unspecified atom stereocenters. The summed E-state index contributed by atoms with van der Waals surface area (Å²) in [6.07, 6.45) is 2.29. The molecule has 7 heteroatoms. The maximum absolute atomic E-state index is 13.4. The van der Waals surface area contributed by atoms with Crippen LogP contribution < -0.4 is 5.32 Å². The van der Waals surface area contributed by atoms with Gasteiger partial charge in [0.25, 0.3) is 5.91 Å². The van der Waals surface area contributed by atoms with Crippen molar-refractivity contribution in [3.05, 3.63) is 100 Å². The Balaban J connectivity index is 1.53. The highest BCUT2D eigenvalue weighted by atomic mass is 35.5. The molecule has 2 N–H and O–H groups in total. The molecule has 1 atom stereocenters. The van der Waals surface area contributed by atoms with Crippen molar-refractivity contribution >= 4 is 29.0 Å². The van der Waals surface area contributed by atoms with Gasteiger partial charge in [0.15, 0.2) is 11.4 Å². The number of carbonyl (C=O) groups excluding carboxylic acids is 2. The lowest BCUT2D eigenvalue weighted by Gasteiger charge is -2.28. The molecule has 1 saturated heterocycles. The molecule has 6 nitrogen and oxygen atoms in total. The van der Waals surface area contributed by atoms with E-state index in [0.29, 0.717) is 53.5 Å². The summed E-state index contributed by atoms with van der Waals surface area (Å²) in [5, 5.41) is 23.7. The van der Waals surface area contributed by atoms with E-state index in [2.05, 4.69) is 5.32 Å². The van der Waals surface area contributed by atoms with Gasteiger partial charge in [-0.15, -0.1) is 0 Å². The smallest absolute Gasteiger partial charge is 0.261 e. The van der Waals surface area contributed by atoms with Crippen LogP contribution in [0.25, 0.3) is 0 Å². The average Bonchev–Trinajstić information content (AvgIpc) is 2.90. The maximum Gasteiger partial charge on any atom is 0.261 e. The third kappa shape index (κ3) is 6.00. The molecule has 4 rings (SSSR count). The lowest BCUT2D eigenvalue weighted by molar-refractivity contribution is -0.135. The Labute approximate surface area is 215 Å². The quantitative estimate of drug-likeness (QED) is 0.408. The number of nitrogens with zero attached hydrogens (tertiary/aromatic N) is 1. The molecule has 3 aromatic rings. The van der Waals surface area contributed by atoms with Gasteiger partial charge in [0.2, 0.25) is 0 Å². The zero-order valence-corrected chi connectivity index (χ0v) is 20.5. The Kier molecular flexibility index (Phi) is 8.17. The number of Topliss-reactive ketones (excluding diaryl/α,β-unsaturated/α-hetero) is 1. The van der Waals surface area contributed by atoms with Crippen LogP contribution >= 0.6 is 11.6 Å². The molecule has 0 bridgehead atoms. The molecular formula is C29H27ClN2O4. The van der Waals surface area contributed by atoms with Crippen molar-refractivity contribution in [1.29, 1.82) is 5.26 Å². The van der Waals surface area contributed by atoms with Crippen LogP contribution in [0.5, 0.6) is 0 Å². The minimum Gasteiger partial charge on any atom is -0.381 e. The number of carbonyl (C=O) groups is 2. The van der Waals surface area contributed by atoms with E-state index >= 15 is 0 Å². The average molecular weight is 503 g/mol. The summed E-state index contributed by atoms with van der Waals surface area (Å²) in [5.74, 6) is -0.204. The number of amides is 1. The molecule has 36 heavy (non-hydrogen) atoms. The Morgan fingerprint density at radius 2 is 1.75 bits per heavy atom. The van der Waals surface area contributed by atoms with Crippen LogP contribution in [0, 0.1) is 17.2 Å². The highest BCUT2D eigenvalue weighted by Gasteiger charge is 2.38. The van der Waals surface area contributed by atoms with Gasteiger partial charge in [0, 0.05) is 37.3 Å². The third-order valence-electron chi connectivity index (χ3n) is 6.53. The number of hydrogen-bond donors (Lipinski definition) is 2. The molecule has 0 aliphatic carbocycles. The van der Waals surface area contributed by atoms with E-state index in [4.69, 9.17) is 21.6 Å². The Morgan fingerprint density at radius 1 is 1.06 bits per heavy atom. The van der Waals surface area contributed by atoms with Crippen LogP contribution in [-0.4, -0.2) is 30.0 Å². The van der Waals surface area contributed by atoms with Gasteiger partial charge in [-0.25, -0.2) is 0 Å². The zero-order valence-electron chi connectivity index (χ0n) is 19.7. The van der Waals surface area contributed by atoms with E-state index in [0.717, 1.165) is 12.8 Å². The van der Waals surface area contributed by atoms with Gasteiger partial charge in [0.05, 0.1) is 10.6 Å². The molecule has 1 aliphatic heterocycles. The summed E-state index contributed by atoms with van der Waals surface area (Å²) in [5.41, 5.74) is 0.533. The molecule has 1 aliphatic rings. The summed E-state index contributed by atoms with van der Waals surface area (Å²) in [4.78, 5) is 26.1. The van der Waals surface area contributed by atoms with Crippen LogP contribution in [-0.2, 0) is 21.6 Å². The van der Waals surface area contributed by atoms with E-state index in [1.807, 2.05) is 6.07 Å². The van der Waals surface area contributed by atoms with E-state index in [-0.39, 0.29) is 17.2 Å². The summed E-state index contributed by atoms with van der Waals surface area (Å²) in [6, 6.07) is 22.3. The highest BCUT2D eigenvalue weighted by molar-refractivity contribution is 6.32. The first-order chi connectivity index (χ1) is 17.4. The second-order valence-corrected chi connectivity index (χ2v) is 9.45. The SMILES string of the molecule is N#Cc1ccc(NC(=O)C(O)(Cc2ccc(C(=O)CC3CCOCC3)cc2)c2ccccc2)cc1Cl. The number of rotatable bonds is 8. The van der Waals surface area contributed by atoms with Crippen molar-refractivity contribution in [2.45, 2.75) is 31.3 Å². The van der Waals surface area contributed by atoms with Gasteiger partial charge >= 0.3 is 0 Å². The first-order valence-corrected chi connectivity index (χ1v) is 12.3. The van der Waals surface area contributed by atoms with E-state index in [1.54, 1.807) is 60.7 Å².